The van der Waals surface area contributed by atoms with Gasteiger partial charge in [-0.1, -0.05) is 12.1 Å². The second kappa shape index (κ2) is 7.00. The molecule has 1 N–H and O–H groups in total. The van der Waals surface area contributed by atoms with Crippen LogP contribution in [0.1, 0.15) is 30.1 Å². The van der Waals surface area contributed by atoms with Gasteiger partial charge in [-0.3, -0.25) is 9.59 Å². The third-order valence-electron chi connectivity index (χ3n) is 4.84. The van der Waals surface area contributed by atoms with Gasteiger partial charge in [0.15, 0.2) is 5.82 Å². The lowest BCUT2D eigenvalue weighted by molar-refractivity contribution is -0.147. The van der Waals surface area contributed by atoms with E-state index >= 15 is 0 Å². The molecule has 2 aromatic rings. The van der Waals surface area contributed by atoms with Crippen LogP contribution in [0.5, 0.6) is 0 Å². The molecule has 134 valence electrons. The molecule has 7 nitrogen and oxygen atoms in total. The fraction of sp³-hybridized carbons (Fsp3) is 0.368. The Bertz CT molecular complexity index is 866. The molecule has 1 amide bonds. The molecule has 26 heavy (non-hydrogen) atoms. The van der Waals surface area contributed by atoms with Crippen LogP contribution in [0.3, 0.4) is 0 Å². The standard InChI is InChI=1S/C19H20N4O3/c1-3-9-19(18(25)26)10-11-22(12-19)17(24)15-7-5-14(6-8-15)16-20-13-21-23(16)4-2/h1,5-8,13H,4,9-12H2,2H3,(H,25,26). The number of carboxylic acids is 1. The number of aliphatic carboxylic acids is 1. The Balaban J connectivity index is 1.77. The first kappa shape index (κ1) is 17.7. The Morgan fingerprint density at radius 1 is 1.35 bits per heavy atom. The quantitative estimate of drug-likeness (QED) is 0.831. The van der Waals surface area contributed by atoms with Crippen molar-refractivity contribution in [2.75, 3.05) is 13.1 Å². The van der Waals surface area contributed by atoms with Crippen molar-refractivity contribution in [1.82, 2.24) is 19.7 Å². The van der Waals surface area contributed by atoms with Gasteiger partial charge in [0, 0.05) is 37.2 Å². The summed E-state index contributed by atoms with van der Waals surface area (Å²) in [4.78, 5) is 30.1. The van der Waals surface area contributed by atoms with Gasteiger partial charge >= 0.3 is 5.97 Å². The minimum absolute atomic E-state index is 0.123. The van der Waals surface area contributed by atoms with Crippen molar-refractivity contribution in [3.05, 3.63) is 36.2 Å². The lowest BCUT2D eigenvalue weighted by atomic mass is 9.84. The molecule has 1 atom stereocenters. The molecule has 2 heterocycles. The van der Waals surface area contributed by atoms with E-state index in [0.717, 1.165) is 11.4 Å². The van der Waals surface area contributed by atoms with Crippen LogP contribution in [0.15, 0.2) is 30.6 Å². The van der Waals surface area contributed by atoms with Gasteiger partial charge in [0.2, 0.25) is 0 Å². The topological polar surface area (TPSA) is 88.3 Å². The van der Waals surface area contributed by atoms with Gasteiger partial charge in [0.05, 0.1) is 5.41 Å². The maximum Gasteiger partial charge on any atom is 0.312 e. The number of benzene rings is 1. The lowest BCUT2D eigenvalue weighted by Crippen LogP contribution is -2.36. The van der Waals surface area contributed by atoms with E-state index in [9.17, 15) is 14.7 Å². The van der Waals surface area contributed by atoms with Crippen molar-refractivity contribution in [3.63, 3.8) is 0 Å². The first-order valence-electron chi connectivity index (χ1n) is 8.45. The first-order chi connectivity index (χ1) is 12.5. The largest absolute Gasteiger partial charge is 0.481 e. The Hall–Kier alpha value is -3.14. The Morgan fingerprint density at radius 3 is 2.69 bits per heavy atom. The SMILES string of the molecule is C#CCC1(C(=O)O)CCN(C(=O)c2ccc(-c3ncnn3CC)cc2)C1. The number of terminal acetylenes is 1. The van der Waals surface area contributed by atoms with Crippen LogP contribution in [0, 0.1) is 17.8 Å². The summed E-state index contributed by atoms with van der Waals surface area (Å²) in [5.41, 5.74) is 0.342. The van der Waals surface area contributed by atoms with E-state index in [-0.39, 0.29) is 18.9 Å². The summed E-state index contributed by atoms with van der Waals surface area (Å²) in [6.07, 6.45) is 7.31. The van der Waals surface area contributed by atoms with Gasteiger partial charge in [0.1, 0.15) is 6.33 Å². The van der Waals surface area contributed by atoms with Crippen LogP contribution < -0.4 is 0 Å². The van der Waals surface area contributed by atoms with Crippen molar-refractivity contribution < 1.29 is 14.7 Å². The van der Waals surface area contributed by atoms with Crippen molar-refractivity contribution >= 4 is 11.9 Å². The van der Waals surface area contributed by atoms with Crippen molar-refractivity contribution in [2.24, 2.45) is 5.41 Å². The monoisotopic (exact) mass is 352 g/mol. The fourth-order valence-electron chi connectivity index (χ4n) is 3.30. The Morgan fingerprint density at radius 2 is 2.08 bits per heavy atom. The molecule has 0 bridgehead atoms. The van der Waals surface area contributed by atoms with Gasteiger partial charge < -0.3 is 10.0 Å². The molecular formula is C19H20N4O3. The number of carbonyl (C=O) groups is 2. The van der Waals surface area contributed by atoms with Crippen LogP contribution in [-0.2, 0) is 11.3 Å². The lowest BCUT2D eigenvalue weighted by Gasteiger charge is -2.22. The number of likely N-dealkylation sites (tertiary alicyclic amines) is 1. The van der Waals surface area contributed by atoms with E-state index in [0.29, 0.717) is 25.1 Å². The van der Waals surface area contributed by atoms with E-state index in [1.54, 1.807) is 21.7 Å². The molecule has 7 heteroatoms. The summed E-state index contributed by atoms with van der Waals surface area (Å²) in [5, 5.41) is 13.6. The Kier molecular flexibility index (Phi) is 4.76. The number of rotatable bonds is 5. The normalized spacial score (nSPS) is 19.3. The number of aryl methyl sites for hydroxylation is 1. The van der Waals surface area contributed by atoms with Crippen LogP contribution in [0.25, 0.3) is 11.4 Å². The molecular weight excluding hydrogens is 332 g/mol. The highest BCUT2D eigenvalue weighted by molar-refractivity contribution is 5.95. The van der Waals surface area contributed by atoms with Crippen LogP contribution in [-0.4, -0.2) is 49.7 Å². The summed E-state index contributed by atoms with van der Waals surface area (Å²) in [7, 11) is 0. The van der Waals surface area contributed by atoms with E-state index in [2.05, 4.69) is 16.0 Å². The highest BCUT2D eigenvalue weighted by Crippen LogP contribution is 2.35. The Labute approximate surface area is 151 Å². The summed E-state index contributed by atoms with van der Waals surface area (Å²) < 4.78 is 1.78. The number of carboxylic acid groups (broad SMARTS) is 1. The van der Waals surface area contributed by atoms with Gasteiger partial charge in [-0.2, -0.15) is 5.10 Å². The van der Waals surface area contributed by atoms with Crippen molar-refractivity contribution in [1.29, 1.82) is 0 Å². The zero-order chi connectivity index (χ0) is 18.7. The summed E-state index contributed by atoms with van der Waals surface area (Å²) in [6.45, 7) is 3.21. The predicted octanol–water partition coefficient (Wildman–Crippen LogP) is 1.91. The average Bonchev–Trinajstić information content (AvgIpc) is 3.29. The van der Waals surface area contributed by atoms with E-state index in [1.807, 2.05) is 19.1 Å². The molecule has 1 aromatic carbocycles. The van der Waals surface area contributed by atoms with Gasteiger partial charge in [-0.05, 0) is 25.5 Å². The number of hydrogen-bond donors (Lipinski definition) is 1. The molecule has 0 spiro atoms. The third kappa shape index (κ3) is 3.06. The molecule has 1 saturated heterocycles. The number of amides is 1. The number of hydrogen-bond acceptors (Lipinski definition) is 4. The second-order valence-corrected chi connectivity index (χ2v) is 6.42. The number of carbonyl (C=O) groups excluding carboxylic acids is 1. The van der Waals surface area contributed by atoms with Crippen LogP contribution in [0.2, 0.25) is 0 Å². The molecule has 1 aliphatic heterocycles. The first-order valence-corrected chi connectivity index (χ1v) is 8.45. The van der Waals surface area contributed by atoms with Gasteiger partial charge in [0.25, 0.3) is 5.91 Å². The molecule has 1 unspecified atom stereocenters. The minimum Gasteiger partial charge on any atom is -0.481 e. The highest BCUT2D eigenvalue weighted by atomic mass is 16.4. The molecule has 1 aliphatic rings. The zero-order valence-electron chi connectivity index (χ0n) is 14.6. The summed E-state index contributed by atoms with van der Waals surface area (Å²) in [6, 6.07) is 7.11. The van der Waals surface area contributed by atoms with Gasteiger partial charge in [-0.25, -0.2) is 9.67 Å². The number of nitrogens with zero attached hydrogens (tertiary/aromatic N) is 4. The zero-order valence-corrected chi connectivity index (χ0v) is 14.6. The second-order valence-electron chi connectivity index (χ2n) is 6.42. The molecule has 0 saturated carbocycles. The highest BCUT2D eigenvalue weighted by Gasteiger charge is 2.45. The third-order valence-corrected chi connectivity index (χ3v) is 4.84. The molecule has 0 radical (unpaired) electrons. The van der Waals surface area contributed by atoms with Gasteiger partial charge in [-0.15, -0.1) is 12.3 Å². The van der Waals surface area contributed by atoms with Crippen LogP contribution >= 0.6 is 0 Å². The summed E-state index contributed by atoms with van der Waals surface area (Å²) in [5.74, 6) is 2.04. The van der Waals surface area contributed by atoms with E-state index in [4.69, 9.17) is 6.42 Å². The fourth-order valence-corrected chi connectivity index (χ4v) is 3.30. The van der Waals surface area contributed by atoms with E-state index < -0.39 is 11.4 Å². The smallest absolute Gasteiger partial charge is 0.312 e. The van der Waals surface area contributed by atoms with Crippen molar-refractivity contribution in [2.45, 2.75) is 26.3 Å². The predicted molar refractivity (Wildman–Crippen MR) is 95.2 cm³/mol. The maximum absolute atomic E-state index is 12.7. The van der Waals surface area contributed by atoms with Crippen molar-refractivity contribution in [3.8, 4) is 23.7 Å². The van der Waals surface area contributed by atoms with E-state index in [1.165, 1.54) is 6.33 Å². The molecule has 0 aliphatic carbocycles. The van der Waals surface area contributed by atoms with Crippen LogP contribution in [0.4, 0.5) is 0 Å². The minimum atomic E-state index is -1.04. The maximum atomic E-state index is 12.7. The molecule has 3 rings (SSSR count). The summed E-state index contributed by atoms with van der Waals surface area (Å²) >= 11 is 0. The average molecular weight is 352 g/mol. The molecule has 1 fully saturated rings. The molecule has 1 aromatic heterocycles. The number of aromatic nitrogens is 3.